The van der Waals surface area contributed by atoms with Gasteiger partial charge in [-0.2, -0.15) is 5.10 Å². The van der Waals surface area contributed by atoms with Crippen molar-refractivity contribution >= 4 is 17.2 Å². The second-order valence-electron chi connectivity index (χ2n) is 6.68. The van der Waals surface area contributed by atoms with E-state index in [0.29, 0.717) is 13.0 Å². The van der Waals surface area contributed by atoms with E-state index in [1.807, 2.05) is 29.1 Å². The van der Waals surface area contributed by atoms with Gasteiger partial charge in [0, 0.05) is 30.7 Å². The van der Waals surface area contributed by atoms with E-state index in [4.69, 9.17) is 4.42 Å². The molecule has 1 aliphatic rings. The molecule has 1 amide bonds. The molecule has 4 heterocycles. The van der Waals surface area contributed by atoms with Crippen LogP contribution in [0.4, 0.5) is 0 Å². The van der Waals surface area contributed by atoms with Crippen molar-refractivity contribution in [2.75, 3.05) is 6.54 Å². The van der Waals surface area contributed by atoms with E-state index in [2.05, 4.69) is 33.7 Å². The maximum Gasteiger partial charge on any atom is 0.222 e. The largest absolute Gasteiger partial charge is 0.467 e. The van der Waals surface area contributed by atoms with Crippen LogP contribution in [0.1, 0.15) is 34.4 Å². The highest BCUT2D eigenvalue weighted by Crippen LogP contribution is 2.26. The van der Waals surface area contributed by atoms with Crippen molar-refractivity contribution in [2.45, 2.75) is 39.0 Å². The summed E-state index contributed by atoms with van der Waals surface area (Å²) in [5, 5.41) is 9.52. The minimum atomic E-state index is 0.0157. The number of carbonyl (C=O) groups is 1. The molecule has 0 spiro atoms. The van der Waals surface area contributed by atoms with Crippen LogP contribution in [0.15, 0.2) is 46.5 Å². The van der Waals surface area contributed by atoms with Crippen LogP contribution < -0.4 is 5.32 Å². The molecule has 1 N–H and O–H groups in total. The molecule has 0 aromatic carbocycles. The van der Waals surface area contributed by atoms with Gasteiger partial charge in [0.25, 0.3) is 0 Å². The average molecular weight is 370 g/mol. The smallest absolute Gasteiger partial charge is 0.222 e. The highest BCUT2D eigenvalue weighted by Gasteiger charge is 2.27. The molecule has 0 bridgehead atoms. The van der Waals surface area contributed by atoms with Crippen molar-refractivity contribution in [3.63, 3.8) is 0 Å². The number of amides is 1. The first-order valence-corrected chi connectivity index (χ1v) is 9.64. The third kappa shape index (κ3) is 3.73. The lowest BCUT2D eigenvalue weighted by atomic mass is 10.1. The van der Waals surface area contributed by atoms with Gasteiger partial charge in [-0.15, -0.1) is 11.3 Å². The lowest BCUT2D eigenvalue weighted by Crippen LogP contribution is -2.39. The highest BCUT2D eigenvalue weighted by atomic mass is 32.1. The van der Waals surface area contributed by atoms with Gasteiger partial charge in [-0.05, 0) is 42.1 Å². The molecule has 0 saturated heterocycles. The Balaban J connectivity index is 1.41. The first kappa shape index (κ1) is 17.1. The average Bonchev–Trinajstić information content (AvgIpc) is 3.36. The number of nitrogens with zero attached hydrogens (tertiary/aromatic N) is 3. The Kier molecular flexibility index (Phi) is 4.90. The molecule has 7 heteroatoms. The van der Waals surface area contributed by atoms with Crippen molar-refractivity contribution < 1.29 is 9.21 Å². The second kappa shape index (κ2) is 7.47. The molecule has 0 aliphatic carbocycles. The van der Waals surface area contributed by atoms with E-state index in [9.17, 15) is 4.79 Å². The SMILES string of the molecule is Cc1ccsc1CN1Cc2ccnn2C(CC(=O)NCc2ccco2)C1. The summed E-state index contributed by atoms with van der Waals surface area (Å²) in [6, 6.07) is 7.93. The molecular weight excluding hydrogens is 348 g/mol. The number of thiophene rings is 1. The molecule has 0 saturated carbocycles. The van der Waals surface area contributed by atoms with E-state index < -0.39 is 0 Å². The highest BCUT2D eigenvalue weighted by molar-refractivity contribution is 7.10. The molecule has 3 aromatic heterocycles. The second-order valence-corrected chi connectivity index (χ2v) is 7.68. The summed E-state index contributed by atoms with van der Waals surface area (Å²) >= 11 is 1.79. The predicted octanol–water partition coefficient (Wildman–Crippen LogP) is 3.11. The van der Waals surface area contributed by atoms with Crippen LogP contribution in [-0.2, 0) is 24.4 Å². The Morgan fingerprint density at radius 1 is 1.42 bits per heavy atom. The summed E-state index contributed by atoms with van der Waals surface area (Å²) in [4.78, 5) is 16.2. The summed E-state index contributed by atoms with van der Waals surface area (Å²) in [5.41, 5.74) is 2.50. The minimum Gasteiger partial charge on any atom is -0.467 e. The zero-order chi connectivity index (χ0) is 17.9. The van der Waals surface area contributed by atoms with E-state index >= 15 is 0 Å². The number of hydrogen-bond acceptors (Lipinski definition) is 5. The molecule has 0 fully saturated rings. The number of furan rings is 1. The number of carbonyl (C=O) groups excluding carboxylic acids is 1. The van der Waals surface area contributed by atoms with Crippen molar-refractivity contribution in [3.05, 3.63) is 64.0 Å². The molecular formula is C19H22N4O2S. The fraction of sp³-hybridized carbons (Fsp3) is 0.368. The zero-order valence-corrected chi connectivity index (χ0v) is 15.5. The predicted molar refractivity (Wildman–Crippen MR) is 99.6 cm³/mol. The zero-order valence-electron chi connectivity index (χ0n) is 14.7. The van der Waals surface area contributed by atoms with Gasteiger partial charge in [0.15, 0.2) is 0 Å². The van der Waals surface area contributed by atoms with Gasteiger partial charge >= 0.3 is 0 Å². The summed E-state index contributed by atoms with van der Waals surface area (Å²) in [5.74, 6) is 0.776. The Hall–Kier alpha value is -2.38. The third-order valence-electron chi connectivity index (χ3n) is 4.75. The molecule has 3 aromatic rings. The van der Waals surface area contributed by atoms with Crippen molar-refractivity contribution in [3.8, 4) is 0 Å². The van der Waals surface area contributed by atoms with E-state index in [1.165, 1.54) is 10.4 Å². The monoisotopic (exact) mass is 370 g/mol. The van der Waals surface area contributed by atoms with Crippen LogP contribution in [-0.4, -0.2) is 27.1 Å². The first-order chi connectivity index (χ1) is 12.7. The van der Waals surface area contributed by atoms with Gasteiger partial charge < -0.3 is 9.73 Å². The van der Waals surface area contributed by atoms with Crippen molar-refractivity contribution in [1.29, 1.82) is 0 Å². The topological polar surface area (TPSA) is 63.3 Å². The number of rotatable bonds is 6. The molecule has 26 heavy (non-hydrogen) atoms. The van der Waals surface area contributed by atoms with E-state index in [-0.39, 0.29) is 11.9 Å². The van der Waals surface area contributed by atoms with Gasteiger partial charge in [-0.1, -0.05) is 0 Å². The van der Waals surface area contributed by atoms with Gasteiger partial charge in [0.2, 0.25) is 5.91 Å². The molecule has 6 nitrogen and oxygen atoms in total. The number of aromatic nitrogens is 2. The summed E-state index contributed by atoms with van der Waals surface area (Å²) in [7, 11) is 0. The summed E-state index contributed by atoms with van der Waals surface area (Å²) < 4.78 is 7.27. The molecule has 1 unspecified atom stereocenters. The van der Waals surface area contributed by atoms with Gasteiger partial charge in [-0.3, -0.25) is 14.4 Å². The Morgan fingerprint density at radius 2 is 2.35 bits per heavy atom. The van der Waals surface area contributed by atoms with Crippen LogP contribution in [0.2, 0.25) is 0 Å². The fourth-order valence-corrected chi connectivity index (χ4v) is 4.34. The minimum absolute atomic E-state index is 0.0157. The Labute approximate surface area is 156 Å². The van der Waals surface area contributed by atoms with Gasteiger partial charge in [0.1, 0.15) is 5.76 Å². The maximum absolute atomic E-state index is 12.4. The van der Waals surface area contributed by atoms with Crippen molar-refractivity contribution in [1.82, 2.24) is 20.0 Å². The molecule has 136 valence electrons. The number of hydrogen-bond donors (Lipinski definition) is 1. The van der Waals surface area contributed by atoms with Gasteiger partial charge in [0.05, 0.1) is 31.0 Å². The molecule has 1 aliphatic heterocycles. The van der Waals surface area contributed by atoms with E-state index in [0.717, 1.165) is 31.1 Å². The normalized spacial score (nSPS) is 17.2. The number of fused-ring (bicyclic) bond motifs is 1. The third-order valence-corrected chi connectivity index (χ3v) is 5.76. The van der Waals surface area contributed by atoms with Crippen molar-refractivity contribution in [2.24, 2.45) is 0 Å². The van der Waals surface area contributed by atoms with Crippen LogP contribution >= 0.6 is 11.3 Å². The molecule has 0 radical (unpaired) electrons. The van der Waals surface area contributed by atoms with Gasteiger partial charge in [-0.25, -0.2) is 0 Å². The lowest BCUT2D eigenvalue weighted by Gasteiger charge is -2.33. The van der Waals surface area contributed by atoms with Crippen LogP contribution in [0.5, 0.6) is 0 Å². The van der Waals surface area contributed by atoms with E-state index in [1.54, 1.807) is 17.6 Å². The Bertz CT molecular complexity index is 868. The number of aryl methyl sites for hydroxylation is 1. The first-order valence-electron chi connectivity index (χ1n) is 8.76. The number of nitrogens with one attached hydrogen (secondary N) is 1. The van der Waals surface area contributed by atoms with Crippen LogP contribution in [0.25, 0.3) is 0 Å². The van der Waals surface area contributed by atoms with Crippen LogP contribution in [0, 0.1) is 6.92 Å². The maximum atomic E-state index is 12.4. The Morgan fingerprint density at radius 3 is 3.12 bits per heavy atom. The lowest BCUT2D eigenvalue weighted by molar-refractivity contribution is -0.122. The fourth-order valence-electron chi connectivity index (χ4n) is 3.39. The standard InChI is InChI=1S/C19H22N4O2S/c1-14-5-8-26-18(14)13-22-11-15-4-6-21-23(15)16(12-22)9-19(24)20-10-17-3-2-7-25-17/h2-8,16H,9-13H2,1H3,(H,20,24). The quantitative estimate of drug-likeness (QED) is 0.724. The summed E-state index contributed by atoms with van der Waals surface area (Å²) in [6.45, 7) is 5.17. The summed E-state index contributed by atoms with van der Waals surface area (Å²) in [6.07, 6.45) is 3.85. The van der Waals surface area contributed by atoms with Crippen LogP contribution in [0.3, 0.4) is 0 Å². The molecule has 4 rings (SSSR count). The molecule has 1 atom stereocenters.